The zero-order valence-corrected chi connectivity index (χ0v) is 15.6. The smallest absolute Gasteiger partial charge is 0.251 e. The van der Waals surface area contributed by atoms with Crippen molar-refractivity contribution in [1.29, 1.82) is 0 Å². The standard InChI is InChI=1S/C19H28N4O3/c1-20-19(21-14-15-6-3-4-7-16(15)25-2)23-11-9-22(10-12-23)18(24)17-8-5-13-26-17/h3-4,6-7,17H,5,8-14H2,1-2H3,(H,20,21). The minimum atomic E-state index is -0.232. The summed E-state index contributed by atoms with van der Waals surface area (Å²) in [5.41, 5.74) is 1.09. The zero-order valence-electron chi connectivity index (χ0n) is 15.6. The molecule has 2 saturated heterocycles. The lowest BCUT2D eigenvalue weighted by Crippen LogP contribution is -2.55. The summed E-state index contributed by atoms with van der Waals surface area (Å²) in [7, 11) is 3.46. The molecule has 0 radical (unpaired) electrons. The van der Waals surface area contributed by atoms with Crippen molar-refractivity contribution < 1.29 is 14.3 Å². The summed E-state index contributed by atoms with van der Waals surface area (Å²) < 4.78 is 10.9. The summed E-state index contributed by atoms with van der Waals surface area (Å²) in [6, 6.07) is 7.95. The van der Waals surface area contributed by atoms with Crippen LogP contribution >= 0.6 is 0 Å². The minimum absolute atomic E-state index is 0.138. The van der Waals surface area contributed by atoms with Crippen LogP contribution in [0, 0.1) is 0 Å². The summed E-state index contributed by atoms with van der Waals surface area (Å²) >= 11 is 0. The Balaban J connectivity index is 1.51. The SMILES string of the molecule is CN=C(NCc1ccccc1OC)N1CCN(C(=O)C2CCCO2)CC1. The number of piperazine rings is 1. The molecule has 0 spiro atoms. The Morgan fingerprint density at radius 1 is 1.27 bits per heavy atom. The van der Waals surface area contributed by atoms with Crippen LogP contribution in [0.2, 0.25) is 0 Å². The Bertz CT molecular complexity index is 635. The highest BCUT2D eigenvalue weighted by Gasteiger charge is 2.30. The van der Waals surface area contributed by atoms with Gasteiger partial charge in [-0.2, -0.15) is 0 Å². The average molecular weight is 360 g/mol. The number of hydrogen-bond acceptors (Lipinski definition) is 4. The number of carbonyl (C=O) groups excluding carboxylic acids is 1. The molecule has 7 nitrogen and oxygen atoms in total. The van der Waals surface area contributed by atoms with Crippen molar-refractivity contribution in [2.75, 3.05) is 46.9 Å². The molecule has 2 fully saturated rings. The number of amides is 1. The minimum Gasteiger partial charge on any atom is -0.496 e. The van der Waals surface area contributed by atoms with Gasteiger partial charge in [0.15, 0.2) is 5.96 Å². The van der Waals surface area contributed by atoms with Crippen LogP contribution in [0.25, 0.3) is 0 Å². The molecular formula is C19H28N4O3. The molecule has 0 aromatic heterocycles. The number of ether oxygens (including phenoxy) is 2. The lowest BCUT2D eigenvalue weighted by atomic mass is 10.2. The lowest BCUT2D eigenvalue weighted by Gasteiger charge is -2.37. The van der Waals surface area contributed by atoms with Crippen molar-refractivity contribution in [3.63, 3.8) is 0 Å². The molecule has 1 aromatic rings. The van der Waals surface area contributed by atoms with Crippen LogP contribution < -0.4 is 10.1 Å². The molecular weight excluding hydrogens is 332 g/mol. The van der Waals surface area contributed by atoms with Crippen LogP contribution in [0.3, 0.4) is 0 Å². The molecule has 1 unspecified atom stereocenters. The van der Waals surface area contributed by atoms with E-state index in [9.17, 15) is 4.79 Å². The molecule has 1 aromatic carbocycles. The molecule has 0 aliphatic carbocycles. The van der Waals surface area contributed by atoms with Gasteiger partial charge in [-0.15, -0.1) is 0 Å². The summed E-state index contributed by atoms with van der Waals surface area (Å²) in [6.07, 6.45) is 1.60. The van der Waals surface area contributed by atoms with Crippen molar-refractivity contribution in [1.82, 2.24) is 15.1 Å². The van der Waals surface area contributed by atoms with Gasteiger partial charge in [-0.05, 0) is 18.9 Å². The van der Waals surface area contributed by atoms with Gasteiger partial charge in [0, 0.05) is 51.9 Å². The highest BCUT2D eigenvalue weighted by atomic mass is 16.5. The number of rotatable bonds is 4. The normalized spacial score (nSPS) is 21.0. The fraction of sp³-hybridized carbons (Fsp3) is 0.579. The van der Waals surface area contributed by atoms with Crippen LogP contribution in [-0.4, -0.2) is 74.7 Å². The first-order chi connectivity index (χ1) is 12.7. The Morgan fingerprint density at radius 2 is 2.00 bits per heavy atom. The molecule has 0 bridgehead atoms. The van der Waals surface area contributed by atoms with Gasteiger partial charge in [-0.25, -0.2) is 0 Å². The molecule has 3 rings (SSSR count). The maximum atomic E-state index is 12.5. The molecule has 7 heteroatoms. The number of hydrogen-bond donors (Lipinski definition) is 1. The third-order valence-corrected chi connectivity index (χ3v) is 4.94. The second-order valence-corrected chi connectivity index (χ2v) is 6.53. The maximum Gasteiger partial charge on any atom is 0.251 e. The number of nitrogens with zero attached hydrogens (tertiary/aromatic N) is 3. The van der Waals surface area contributed by atoms with Gasteiger partial charge in [-0.3, -0.25) is 9.79 Å². The van der Waals surface area contributed by atoms with E-state index < -0.39 is 0 Å². The van der Waals surface area contributed by atoms with Gasteiger partial charge >= 0.3 is 0 Å². The second-order valence-electron chi connectivity index (χ2n) is 6.53. The first kappa shape index (κ1) is 18.5. The molecule has 26 heavy (non-hydrogen) atoms. The number of aliphatic imine (C=N–C) groups is 1. The molecule has 2 aliphatic heterocycles. The van der Waals surface area contributed by atoms with Crippen LogP contribution in [0.5, 0.6) is 5.75 Å². The van der Waals surface area contributed by atoms with E-state index >= 15 is 0 Å². The van der Waals surface area contributed by atoms with Crippen molar-refractivity contribution in [3.8, 4) is 5.75 Å². The molecule has 1 N–H and O–H groups in total. The third kappa shape index (κ3) is 4.27. The number of para-hydroxylation sites is 1. The highest BCUT2D eigenvalue weighted by Crippen LogP contribution is 2.18. The highest BCUT2D eigenvalue weighted by molar-refractivity contribution is 5.82. The fourth-order valence-corrected chi connectivity index (χ4v) is 3.47. The van der Waals surface area contributed by atoms with Crippen molar-refractivity contribution >= 4 is 11.9 Å². The molecule has 2 aliphatic rings. The predicted octanol–water partition coefficient (Wildman–Crippen LogP) is 1.09. The molecule has 1 amide bonds. The number of benzene rings is 1. The van der Waals surface area contributed by atoms with Crippen LogP contribution in [0.15, 0.2) is 29.3 Å². The first-order valence-electron chi connectivity index (χ1n) is 9.21. The van der Waals surface area contributed by atoms with Gasteiger partial charge < -0.3 is 24.6 Å². The molecule has 142 valence electrons. The largest absolute Gasteiger partial charge is 0.496 e. The van der Waals surface area contributed by atoms with E-state index in [1.54, 1.807) is 14.2 Å². The van der Waals surface area contributed by atoms with E-state index in [0.717, 1.165) is 43.2 Å². The summed E-state index contributed by atoms with van der Waals surface area (Å²) in [5.74, 6) is 1.85. The first-order valence-corrected chi connectivity index (χ1v) is 9.21. The van der Waals surface area contributed by atoms with E-state index in [-0.39, 0.29) is 12.0 Å². The van der Waals surface area contributed by atoms with Gasteiger partial charge in [0.1, 0.15) is 11.9 Å². The van der Waals surface area contributed by atoms with Crippen molar-refractivity contribution in [3.05, 3.63) is 29.8 Å². The van der Waals surface area contributed by atoms with E-state index in [1.807, 2.05) is 29.2 Å². The number of methoxy groups -OCH3 is 1. The number of guanidine groups is 1. The number of nitrogens with one attached hydrogen (secondary N) is 1. The quantitative estimate of drug-likeness (QED) is 0.643. The van der Waals surface area contributed by atoms with Gasteiger partial charge in [0.25, 0.3) is 5.91 Å². The topological polar surface area (TPSA) is 66.4 Å². The average Bonchev–Trinajstić information content (AvgIpc) is 3.23. The molecule has 2 heterocycles. The Morgan fingerprint density at radius 3 is 2.65 bits per heavy atom. The van der Waals surface area contributed by atoms with Gasteiger partial charge in [0.05, 0.1) is 7.11 Å². The van der Waals surface area contributed by atoms with Gasteiger partial charge in [-0.1, -0.05) is 18.2 Å². The van der Waals surface area contributed by atoms with E-state index in [4.69, 9.17) is 9.47 Å². The van der Waals surface area contributed by atoms with Crippen LogP contribution in [0.4, 0.5) is 0 Å². The summed E-state index contributed by atoms with van der Waals surface area (Å²) in [6.45, 7) is 4.29. The second kappa shape index (κ2) is 8.89. The predicted molar refractivity (Wildman–Crippen MR) is 100 cm³/mol. The maximum absolute atomic E-state index is 12.5. The van der Waals surface area contributed by atoms with Crippen LogP contribution in [0.1, 0.15) is 18.4 Å². The number of carbonyl (C=O) groups is 1. The van der Waals surface area contributed by atoms with E-state index in [0.29, 0.717) is 26.2 Å². The summed E-state index contributed by atoms with van der Waals surface area (Å²) in [4.78, 5) is 20.9. The Labute approximate surface area is 155 Å². The fourth-order valence-electron chi connectivity index (χ4n) is 3.47. The lowest BCUT2D eigenvalue weighted by molar-refractivity contribution is -0.142. The third-order valence-electron chi connectivity index (χ3n) is 4.94. The monoisotopic (exact) mass is 360 g/mol. The molecule has 0 saturated carbocycles. The zero-order chi connectivity index (χ0) is 18.4. The summed E-state index contributed by atoms with van der Waals surface area (Å²) in [5, 5.41) is 3.40. The van der Waals surface area contributed by atoms with Crippen LogP contribution in [-0.2, 0) is 16.1 Å². The van der Waals surface area contributed by atoms with E-state index in [1.165, 1.54) is 0 Å². The van der Waals surface area contributed by atoms with E-state index in [2.05, 4.69) is 15.2 Å². The van der Waals surface area contributed by atoms with Gasteiger partial charge in [0.2, 0.25) is 0 Å². The Kier molecular flexibility index (Phi) is 6.33. The molecule has 1 atom stereocenters. The Hall–Kier alpha value is -2.28. The van der Waals surface area contributed by atoms with Crippen molar-refractivity contribution in [2.45, 2.75) is 25.5 Å². The van der Waals surface area contributed by atoms with Crippen molar-refractivity contribution in [2.24, 2.45) is 4.99 Å².